The van der Waals surface area contributed by atoms with Gasteiger partial charge in [-0.05, 0) is 6.07 Å². The summed E-state index contributed by atoms with van der Waals surface area (Å²) in [5, 5.41) is 9.48. The van der Waals surface area contributed by atoms with Gasteiger partial charge in [-0.2, -0.15) is 0 Å². The van der Waals surface area contributed by atoms with Crippen LogP contribution in [-0.4, -0.2) is 26.3 Å². The molecule has 0 bridgehead atoms. The van der Waals surface area contributed by atoms with E-state index in [9.17, 15) is 17.9 Å². The van der Waals surface area contributed by atoms with Crippen LogP contribution in [0.1, 0.15) is 5.56 Å². The molecule has 0 heterocycles. The van der Waals surface area contributed by atoms with Gasteiger partial charge in [0.2, 0.25) is 0 Å². The minimum Gasteiger partial charge on any atom is -0.507 e. The molecule has 6 heteroatoms. The van der Waals surface area contributed by atoms with Crippen LogP contribution in [0.4, 0.5) is 4.39 Å². The van der Waals surface area contributed by atoms with Gasteiger partial charge in [0, 0.05) is 24.4 Å². The van der Waals surface area contributed by atoms with Crippen LogP contribution in [-0.2, 0) is 9.84 Å². The lowest BCUT2D eigenvalue weighted by Crippen LogP contribution is -2.01. The van der Waals surface area contributed by atoms with Crippen molar-refractivity contribution < 1.29 is 17.9 Å². The molecular formula is C10H12FNO3S. The third-order valence-corrected chi connectivity index (χ3v) is 3.03. The summed E-state index contributed by atoms with van der Waals surface area (Å²) in [5.41, 5.74) is 5.40. The number of phenols is 1. The Morgan fingerprint density at radius 1 is 1.50 bits per heavy atom. The van der Waals surface area contributed by atoms with Crippen LogP contribution >= 0.6 is 0 Å². The van der Waals surface area contributed by atoms with Crippen LogP contribution in [0.3, 0.4) is 0 Å². The Hall–Kier alpha value is -1.40. The normalized spacial score (nSPS) is 12.2. The van der Waals surface area contributed by atoms with Gasteiger partial charge >= 0.3 is 0 Å². The molecule has 0 aliphatic carbocycles. The summed E-state index contributed by atoms with van der Waals surface area (Å²) in [4.78, 5) is -0.519. The predicted octanol–water partition coefficient (Wildman–Crippen LogP) is 0.907. The summed E-state index contributed by atoms with van der Waals surface area (Å²) in [6.45, 7) is 0.245. The maximum atomic E-state index is 13.4. The van der Waals surface area contributed by atoms with Crippen molar-refractivity contribution >= 4 is 15.9 Å². The van der Waals surface area contributed by atoms with Crippen LogP contribution in [0.25, 0.3) is 6.08 Å². The molecule has 0 unspecified atom stereocenters. The fraction of sp³-hybridized carbons (Fsp3) is 0.200. The number of phenolic OH excluding ortho intramolecular Hbond substituents is 1. The van der Waals surface area contributed by atoms with Crippen molar-refractivity contribution in [3.8, 4) is 5.75 Å². The van der Waals surface area contributed by atoms with E-state index in [2.05, 4.69) is 0 Å². The number of hydrogen-bond donors (Lipinski definition) is 2. The molecule has 1 rings (SSSR count). The Morgan fingerprint density at radius 2 is 2.12 bits per heavy atom. The van der Waals surface area contributed by atoms with Gasteiger partial charge in [0.25, 0.3) is 0 Å². The zero-order valence-electron chi connectivity index (χ0n) is 8.64. The van der Waals surface area contributed by atoms with E-state index in [1.807, 2.05) is 0 Å². The lowest BCUT2D eigenvalue weighted by atomic mass is 10.2. The maximum absolute atomic E-state index is 13.4. The smallest absolute Gasteiger partial charge is 0.178 e. The molecule has 0 spiro atoms. The molecular weight excluding hydrogens is 233 g/mol. The number of benzene rings is 1. The van der Waals surface area contributed by atoms with E-state index in [0.29, 0.717) is 0 Å². The van der Waals surface area contributed by atoms with Gasteiger partial charge in [0.05, 0.1) is 0 Å². The molecule has 0 aromatic heterocycles. The lowest BCUT2D eigenvalue weighted by Gasteiger charge is -2.04. The first-order valence-corrected chi connectivity index (χ1v) is 6.34. The molecule has 4 nitrogen and oxygen atoms in total. The molecule has 16 heavy (non-hydrogen) atoms. The first kappa shape index (κ1) is 12.7. The van der Waals surface area contributed by atoms with Crippen molar-refractivity contribution in [2.24, 2.45) is 5.73 Å². The molecule has 0 atom stereocenters. The average Bonchev–Trinajstić information content (AvgIpc) is 2.17. The van der Waals surface area contributed by atoms with Gasteiger partial charge < -0.3 is 10.8 Å². The van der Waals surface area contributed by atoms with E-state index in [1.54, 1.807) is 0 Å². The summed E-state index contributed by atoms with van der Waals surface area (Å²) in [6, 6.07) is 1.85. The zero-order chi connectivity index (χ0) is 12.3. The molecule has 0 saturated heterocycles. The Labute approximate surface area is 93.1 Å². The highest BCUT2D eigenvalue weighted by atomic mass is 32.2. The van der Waals surface area contributed by atoms with Gasteiger partial charge in [-0.1, -0.05) is 12.2 Å². The fourth-order valence-electron chi connectivity index (χ4n) is 1.17. The van der Waals surface area contributed by atoms with Crippen molar-refractivity contribution in [2.45, 2.75) is 4.90 Å². The monoisotopic (exact) mass is 245 g/mol. The highest BCUT2D eigenvalue weighted by Crippen LogP contribution is 2.25. The van der Waals surface area contributed by atoms with Gasteiger partial charge in [-0.3, -0.25) is 0 Å². The van der Waals surface area contributed by atoms with Crippen LogP contribution < -0.4 is 5.73 Å². The Kier molecular flexibility index (Phi) is 3.66. The van der Waals surface area contributed by atoms with Gasteiger partial charge in [0.1, 0.15) is 16.5 Å². The predicted molar refractivity (Wildman–Crippen MR) is 59.3 cm³/mol. The Bertz CT molecular complexity index is 523. The van der Waals surface area contributed by atoms with E-state index >= 15 is 0 Å². The topological polar surface area (TPSA) is 80.4 Å². The quantitative estimate of drug-likeness (QED) is 0.829. The number of nitrogens with two attached hydrogens (primary N) is 1. The largest absolute Gasteiger partial charge is 0.507 e. The summed E-state index contributed by atoms with van der Waals surface area (Å²) < 4.78 is 35.7. The van der Waals surface area contributed by atoms with E-state index < -0.39 is 20.5 Å². The fourth-order valence-corrected chi connectivity index (χ4v) is 1.91. The van der Waals surface area contributed by atoms with E-state index in [-0.39, 0.29) is 17.9 Å². The van der Waals surface area contributed by atoms with E-state index in [1.165, 1.54) is 12.2 Å². The minimum absolute atomic E-state index is 0.190. The molecule has 88 valence electrons. The number of halogens is 1. The standard InChI is InChI=1S/C10H12FNO3S/c1-16(14,15)10-6-9(13)7(3-2-4-12)5-8(10)11/h2-3,5-6,13H,4,12H2,1H3/b3-2+. The molecule has 1 aromatic carbocycles. The van der Waals surface area contributed by atoms with Gasteiger partial charge in [-0.25, -0.2) is 12.8 Å². The second-order valence-electron chi connectivity index (χ2n) is 3.25. The summed E-state index contributed by atoms with van der Waals surface area (Å²) >= 11 is 0. The van der Waals surface area contributed by atoms with E-state index in [0.717, 1.165) is 18.4 Å². The second kappa shape index (κ2) is 4.63. The zero-order valence-corrected chi connectivity index (χ0v) is 9.46. The highest BCUT2D eigenvalue weighted by molar-refractivity contribution is 7.90. The number of aromatic hydroxyl groups is 1. The maximum Gasteiger partial charge on any atom is 0.178 e. The molecule has 0 amide bonds. The molecule has 3 N–H and O–H groups in total. The minimum atomic E-state index is -3.68. The van der Waals surface area contributed by atoms with Gasteiger partial charge in [0.15, 0.2) is 9.84 Å². The van der Waals surface area contributed by atoms with Crippen LogP contribution in [0.5, 0.6) is 5.75 Å². The van der Waals surface area contributed by atoms with Crippen LogP contribution in [0.15, 0.2) is 23.1 Å². The summed E-state index contributed by atoms with van der Waals surface area (Å²) in [6.07, 6.45) is 3.82. The summed E-state index contributed by atoms with van der Waals surface area (Å²) in [5.74, 6) is -1.19. The van der Waals surface area contributed by atoms with Gasteiger partial charge in [-0.15, -0.1) is 0 Å². The molecule has 0 aliphatic heterocycles. The average molecular weight is 245 g/mol. The van der Waals surface area contributed by atoms with Crippen molar-refractivity contribution in [1.29, 1.82) is 0 Å². The van der Waals surface area contributed by atoms with Crippen molar-refractivity contribution in [2.75, 3.05) is 12.8 Å². The Morgan fingerprint density at radius 3 is 2.62 bits per heavy atom. The van der Waals surface area contributed by atoms with E-state index in [4.69, 9.17) is 5.73 Å². The number of sulfone groups is 1. The molecule has 0 fully saturated rings. The van der Waals surface area contributed by atoms with Crippen molar-refractivity contribution in [3.05, 3.63) is 29.6 Å². The second-order valence-corrected chi connectivity index (χ2v) is 5.24. The third kappa shape index (κ3) is 2.80. The number of hydrogen-bond acceptors (Lipinski definition) is 4. The molecule has 1 aromatic rings. The first-order valence-electron chi connectivity index (χ1n) is 4.45. The SMILES string of the molecule is CS(=O)(=O)c1cc(O)c(/C=C/CN)cc1F. The first-order chi connectivity index (χ1) is 7.36. The third-order valence-electron chi connectivity index (χ3n) is 1.91. The lowest BCUT2D eigenvalue weighted by molar-refractivity contribution is 0.467. The summed E-state index contributed by atoms with van der Waals surface area (Å²) in [7, 11) is -3.68. The highest BCUT2D eigenvalue weighted by Gasteiger charge is 2.16. The van der Waals surface area contributed by atoms with Crippen LogP contribution in [0, 0.1) is 5.82 Å². The Balaban J connectivity index is 3.33. The van der Waals surface area contributed by atoms with Crippen molar-refractivity contribution in [3.63, 3.8) is 0 Å². The van der Waals surface area contributed by atoms with Crippen molar-refractivity contribution in [1.82, 2.24) is 0 Å². The molecule has 0 aliphatic rings. The van der Waals surface area contributed by atoms with Crippen LogP contribution in [0.2, 0.25) is 0 Å². The number of rotatable bonds is 3. The molecule has 0 saturated carbocycles. The molecule has 0 radical (unpaired) electrons.